The molecule has 0 fully saturated rings. The van der Waals surface area contributed by atoms with Crippen LogP contribution in [0.25, 0.3) is 0 Å². The normalized spacial score (nSPS) is 12.4. The van der Waals surface area contributed by atoms with E-state index in [9.17, 15) is 14.7 Å². The van der Waals surface area contributed by atoms with E-state index in [1.54, 1.807) is 0 Å². The molecule has 162 valence electrons. The molecule has 0 saturated carbocycles. The Morgan fingerprint density at radius 3 is 2.17 bits per heavy atom. The van der Waals surface area contributed by atoms with Crippen LogP contribution in [0.3, 0.4) is 0 Å². The summed E-state index contributed by atoms with van der Waals surface area (Å²) in [5.41, 5.74) is 1.91. The molecule has 1 aromatic rings. The molecule has 2 N–H and O–H groups in total. The van der Waals surface area contributed by atoms with Gasteiger partial charge in [-0.05, 0) is 42.9 Å². The lowest BCUT2D eigenvalue weighted by Crippen LogP contribution is -2.22. The van der Waals surface area contributed by atoms with Crippen molar-refractivity contribution in [2.45, 2.75) is 90.9 Å². The van der Waals surface area contributed by atoms with E-state index in [-0.39, 0.29) is 12.3 Å². The van der Waals surface area contributed by atoms with Crippen LogP contribution in [0, 0.1) is 5.92 Å². The number of hydrogen-bond acceptors (Lipinski definition) is 2. The van der Waals surface area contributed by atoms with Crippen molar-refractivity contribution in [2.24, 2.45) is 5.92 Å². The van der Waals surface area contributed by atoms with Gasteiger partial charge in [-0.1, -0.05) is 83.6 Å². The van der Waals surface area contributed by atoms with Gasteiger partial charge >= 0.3 is 5.97 Å². The first-order valence-corrected chi connectivity index (χ1v) is 11.2. The highest BCUT2D eigenvalue weighted by Crippen LogP contribution is 2.18. The first-order valence-electron chi connectivity index (χ1n) is 11.2. The highest BCUT2D eigenvalue weighted by molar-refractivity contribution is 5.93. The van der Waals surface area contributed by atoms with Gasteiger partial charge in [-0.3, -0.25) is 9.59 Å². The number of carbonyl (C=O) groups is 2. The van der Waals surface area contributed by atoms with E-state index in [2.05, 4.69) is 32.2 Å². The molecule has 0 aliphatic rings. The quantitative estimate of drug-likeness (QED) is 0.247. The molecule has 4 heteroatoms. The van der Waals surface area contributed by atoms with E-state index in [0.717, 1.165) is 12.8 Å². The SMILES string of the molecule is CCCCCCCCC/C=C/C[C@@H](CC(=O)Nc1ccc(C(C)C)cc1)C(=O)O. The van der Waals surface area contributed by atoms with Crippen LogP contribution in [0.1, 0.15) is 96.5 Å². The summed E-state index contributed by atoms with van der Waals surface area (Å²) in [6, 6.07) is 7.71. The third-order valence-electron chi connectivity index (χ3n) is 5.20. The fourth-order valence-electron chi connectivity index (χ4n) is 3.26. The zero-order valence-corrected chi connectivity index (χ0v) is 18.5. The van der Waals surface area contributed by atoms with Crippen molar-refractivity contribution in [3.05, 3.63) is 42.0 Å². The lowest BCUT2D eigenvalue weighted by molar-refractivity contribution is -0.143. The maximum Gasteiger partial charge on any atom is 0.307 e. The lowest BCUT2D eigenvalue weighted by Gasteiger charge is -2.11. The maximum atomic E-state index is 12.2. The van der Waals surface area contributed by atoms with Gasteiger partial charge in [0.05, 0.1) is 5.92 Å². The predicted molar refractivity (Wildman–Crippen MR) is 121 cm³/mol. The molecular formula is C25H39NO3. The highest BCUT2D eigenvalue weighted by Gasteiger charge is 2.20. The van der Waals surface area contributed by atoms with E-state index in [1.807, 2.05) is 30.3 Å². The van der Waals surface area contributed by atoms with E-state index in [0.29, 0.717) is 18.0 Å². The van der Waals surface area contributed by atoms with Crippen LogP contribution in [0.2, 0.25) is 0 Å². The first-order chi connectivity index (χ1) is 13.9. The number of hydrogen-bond donors (Lipinski definition) is 2. The molecule has 1 rings (SSSR count). The summed E-state index contributed by atoms with van der Waals surface area (Å²) in [5, 5.41) is 12.2. The Labute approximate surface area is 176 Å². The van der Waals surface area contributed by atoms with Gasteiger partial charge in [-0.15, -0.1) is 0 Å². The van der Waals surface area contributed by atoms with Crippen LogP contribution in [0.15, 0.2) is 36.4 Å². The molecule has 4 nitrogen and oxygen atoms in total. The third kappa shape index (κ3) is 11.5. The number of rotatable bonds is 15. The summed E-state index contributed by atoms with van der Waals surface area (Å²) in [6.07, 6.45) is 14.2. The van der Waals surface area contributed by atoms with Crippen molar-refractivity contribution in [1.29, 1.82) is 0 Å². The number of nitrogens with one attached hydrogen (secondary N) is 1. The van der Waals surface area contributed by atoms with Gasteiger partial charge in [-0.2, -0.15) is 0 Å². The van der Waals surface area contributed by atoms with Gasteiger partial charge < -0.3 is 10.4 Å². The topological polar surface area (TPSA) is 66.4 Å². The molecule has 0 aliphatic carbocycles. The van der Waals surface area contributed by atoms with Gasteiger partial charge in [0.2, 0.25) is 5.91 Å². The third-order valence-corrected chi connectivity index (χ3v) is 5.20. The molecule has 0 unspecified atom stereocenters. The van der Waals surface area contributed by atoms with Gasteiger partial charge in [0.25, 0.3) is 0 Å². The van der Waals surface area contributed by atoms with Crippen LogP contribution in [0.4, 0.5) is 5.69 Å². The fourth-order valence-corrected chi connectivity index (χ4v) is 3.26. The van der Waals surface area contributed by atoms with Crippen molar-refractivity contribution < 1.29 is 14.7 Å². The predicted octanol–water partition coefficient (Wildman–Crippen LogP) is 6.93. The van der Waals surface area contributed by atoms with Crippen molar-refractivity contribution in [3.8, 4) is 0 Å². The molecule has 0 aliphatic heterocycles. The molecule has 0 bridgehead atoms. The van der Waals surface area contributed by atoms with Crippen LogP contribution < -0.4 is 5.32 Å². The standard InChI is InChI=1S/C25H39NO3/c1-4-5-6-7-8-9-10-11-12-13-14-22(25(28)29)19-24(27)26-23-17-15-21(16-18-23)20(2)3/h12-13,15-18,20,22H,4-11,14,19H2,1-3H3,(H,26,27)(H,28,29)/b13-12+/t22-/m0/s1. The van der Waals surface area contributed by atoms with Crippen LogP contribution in [-0.4, -0.2) is 17.0 Å². The van der Waals surface area contributed by atoms with E-state index in [4.69, 9.17) is 0 Å². The molecule has 0 radical (unpaired) electrons. The summed E-state index contributed by atoms with van der Waals surface area (Å²) >= 11 is 0. The molecular weight excluding hydrogens is 362 g/mol. The molecule has 0 aromatic heterocycles. The van der Waals surface area contributed by atoms with Crippen molar-refractivity contribution in [1.82, 2.24) is 0 Å². The number of aliphatic carboxylic acids is 1. The smallest absolute Gasteiger partial charge is 0.307 e. The molecule has 29 heavy (non-hydrogen) atoms. The number of carboxylic acids is 1. The van der Waals surface area contributed by atoms with Crippen molar-refractivity contribution in [3.63, 3.8) is 0 Å². The maximum absolute atomic E-state index is 12.2. The number of amides is 1. The number of carbonyl (C=O) groups excluding carboxylic acids is 1. The minimum Gasteiger partial charge on any atom is -0.481 e. The zero-order valence-electron chi connectivity index (χ0n) is 18.5. The molecule has 1 atom stereocenters. The summed E-state index contributed by atoms with van der Waals surface area (Å²) in [4.78, 5) is 23.7. The summed E-state index contributed by atoms with van der Waals surface area (Å²) < 4.78 is 0. The van der Waals surface area contributed by atoms with Crippen LogP contribution in [0.5, 0.6) is 0 Å². The number of carboxylic acid groups (broad SMARTS) is 1. The fraction of sp³-hybridized carbons (Fsp3) is 0.600. The monoisotopic (exact) mass is 401 g/mol. The largest absolute Gasteiger partial charge is 0.481 e. The molecule has 0 saturated heterocycles. The zero-order chi connectivity index (χ0) is 21.5. The lowest BCUT2D eigenvalue weighted by atomic mass is 10.00. The van der Waals surface area contributed by atoms with Crippen LogP contribution in [-0.2, 0) is 9.59 Å². The van der Waals surface area contributed by atoms with Gasteiger partial charge in [-0.25, -0.2) is 0 Å². The molecule has 1 amide bonds. The average molecular weight is 402 g/mol. The summed E-state index contributed by atoms with van der Waals surface area (Å²) in [7, 11) is 0. The van der Waals surface area contributed by atoms with Gasteiger partial charge in [0.1, 0.15) is 0 Å². The Bertz CT molecular complexity index is 619. The van der Waals surface area contributed by atoms with Crippen LogP contribution >= 0.6 is 0 Å². The van der Waals surface area contributed by atoms with Gasteiger partial charge in [0.15, 0.2) is 0 Å². The number of allylic oxidation sites excluding steroid dienone is 2. The van der Waals surface area contributed by atoms with Gasteiger partial charge in [0, 0.05) is 12.1 Å². The molecule has 0 spiro atoms. The van der Waals surface area contributed by atoms with Crippen molar-refractivity contribution in [2.75, 3.05) is 5.32 Å². The minimum absolute atomic E-state index is 0.0109. The molecule has 1 aromatic carbocycles. The highest BCUT2D eigenvalue weighted by atomic mass is 16.4. The second kappa shape index (κ2) is 14.8. The average Bonchev–Trinajstić information content (AvgIpc) is 2.68. The number of unbranched alkanes of at least 4 members (excludes halogenated alkanes) is 7. The Kier molecular flexibility index (Phi) is 12.8. The van der Waals surface area contributed by atoms with E-state index >= 15 is 0 Å². The number of anilines is 1. The summed E-state index contributed by atoms with van der Waals surface area (Å²) in [6.45, 7) is 6.46. The van der Waals surface area contributed by atoms with Crippen molar-refractivity contribution >= 4 is 17.6 Å². The second-order valence-electron chi connectivity index (χ2n) is 8.18. The Morgan fingerprint density at radius 2 is 1.59 bits per heavy atom. The second-order valence-corrected chi connectivity index (χ2v) is 8.18. The number of benzene rings is 1. The Balaban J connectivity index is 2.31. The molecule has 0 heterocycles. The van der Waals surface area contributed by atoms with E-state index in [1.165, 1.54) is 44.1 Å². The first kappa shape index (κ1) is 24.9. The minimum atomic E-state index is -0.920. The van der Waals surface area contributed by atoms with E-state index < -0.39 is 11.9 Å². The Morgan fingerprint density at radius 1 is 0.966 bits per heavy atom. The summed E-state index contributed by atoms with van der Waals surface area (Å²) in [5.74, 6) is -1.43. The Hall–Kier alpha value is -2.10.